The highest BCUT2D eigenvalue weighted by Crippen LogP contribution is 2.28. The standard InChI is InChI=1S/C11H10ClN3O4/c12-9-5-7(15(18)19)3-4-8(9)11(17)14-13-10(16)6-1-2-6/h3-6H,1-2H2,(H,13,16)(H,14,17). The molecule has 0 spiro atoms. The van der Waals surface area contributed by atoms with Gasteiger partial charge in [0.2, 0.25) is 5.91 Å². The number of nitro benzene ring substituents is 1. The van der Waals surface area contributed by atoms with Crippen LogP contribution in [-0.2, 0) is 4.79 Å². The van der Waals surface area contributed by atoms with Crippen LogP contribution >= 0.6 is 11.6 Å². The zero-order chi connectivity index (χ0) is 14.0. The Morgan fingerprint density at radius 3 is 2.53 bits per heavy atom. The number of carbonyl (C=O) groups excluding carboxylic acids is 2. The van der Waals surface area contributed by atoms with Crippen molar-refractivity contribution < 1.29 is 14.5 Å². The van der Waals surface area contributed by atoms with E-state index in [2.05, 4.69) is 10.9 Å². The lowest BCUT2D eigenvalue weighted by molar-refractivity contribution is -0.384. The summed E-state index contributed by atoms with van der Waals surface area (Å²) in [6, 6.07) is 3.49. The molecule has 0 radical (unpaired) electrons. The van der Waals surface area contributed by atoms with E-state index in [-0.39, 0.29) is 28.1 Å². The van der Waals surface area contributed by atoms with Gasteiger partial charge < -0.3 is 0 Å². The number of hydrazine groups is 1. The van der Waals surface area contributed by atoms with Crippen LogP contribution in [0.25, 0.3) is 0 Å². The lowest BCUT2D eigenvalue weighted by atomic mass is 10.2. The topological polar surface area (TPSA) is 101 Å². The van der Waals surface area contributed by atoms with Gasteiger partial charge in [-0.05, 0) is 18.9 Å². The molecule has 0 unspecified atom stereocenters. The first kappa shape index (κ1) is 13.3. The van der Waals surface area contributed by atoms with E-state index < -0.39 is 10.8 Å². The number of nitrogens with one attached hydrogen (secondary N) is 2. The molecular weight excluding hydrogens is 274 g/mol. The molecule has 0 aromatic heterocycles. The maximum absolute atomic E-state index is 11.7. The van der Waals surface area contributed by atoms with Gasteiger partial charge in [0, 0.05) is 18.1 Å². The number of halogens is 1. The molecular formula is C11H10ClN3O4. The van der Waals surface area contributed by atoms with Crippen molar-refractivity contribution >= 4 is 29.1 Å². The second-order valence-electron chi connectivity index (χ2n) is 4.14. The molecule has 1 aliphatic rings. The second kappa shape index (κ2) is 5.23. The van der Waals surface area contributed by atoms with E-state index in [4.69, 9.17) is 11.6 Å². The quantitative estimate of drug-likeness (QED) is 0.647. The number of amides is 2. The van der Waals surface area contributed by atoms with E-state index in [1.807, 2.05) is 0 Å². The Morgan fingerprint density at radius 2 is 2.00 bits per heavy atom. The smallest absolute Gasteiger partial charge is 0.271 e. The number of benzene rings is 1. The summed E-state index contributed by atoms with van der Waals surface area (Å²) in [6.07, 6.45) is 1.64. The molecule has 1 fully saturated rings. The highest BCUT2D eigenvalue weighted by atomic mass is 35.5. The van der Waals surface area contributed by atoms with E-state index in [0.29, 0.717) is 0 Å². The van der Waals surface area contributed by atoms with E-state index in [1.54, 1.807) is 0 Å². The molecule has 1 aliphatic carbocycles. The third kappa shape index (κ3) is 3.19. The van der Waals surface area contributed by atoms with E-state index >= 15 is 0 Å². The Bertz CT molecular complexity index is 557. The summed E-state index contributed by atoms with van der Waals surface area (Å²) in [5, 5.41) is 10.5. The summed E-state index contributed by atoms with van der Waals surface area (Å²) >= 11 is 5.78. The first-order valence-electron chi connectivity index (χ1n) is 5.53. The molecule has 100 valence electrons. The summed E-state index contributed by atoms with van der Waals surface area (Å²) in [4.78, 5) is 32.9. The summed E-state index contributed by atoms with van der Waals surface area (Å²) in [6.45, 7) is 0. The maximum atomic E-state index is 11.7. The molecule has 0 bridgehead atoms. The van der Waals surface area contributed by atoms with Crippen molar-refractivity contribution in [1.82, 2.24) is 10.9 Å². The Balaban J connectivity index is 2.02. The minimum Gasteiger partial charge on any atom is -0.273 e. The van der Waals surface area contributed by atoms with Gasteiger partial charge in [0.15, 0.2) is 0 Å². The van der Waals surface area contributed by atoms with Crippen LogP contribution in [0.4, 0.5) is 5.69 Å². The zero-order valence-electron chi connectivity index (χ0n) is 9.68. The van der Waals surface area contributed by atoms with Gasteiger partial charge in [0.05, 0.1) is 15.5 Å². The first-order valence-corrected chi connectivity index (χ1v) is 5.91. The third-order valence-corrected chi connectivity index (χ3v) is 2.97. The normalized spacial score (nSPS) is 13.7. The fourth-order valence-corrected chi connectivity index (χ4v) is 1.70. The highest BCUT2D eigenvalue weighted by molar-refractivity contribution is 6.34. The molecule has 1 aromatic rings. The molecule has 0 aliphatic heterocycles. The van der Waals surface area contributed by atoms with Crippen molar-refractivity contribution in [3.63, 3.8) is 0 Å². The van der Waals surface area contributed by atoms with E-state index in [9.17, 15) is 19.7 Å². The molecule has 19 heavy (non-hydrogen) atoms. The lowest BCUT2D eigenvalue weighted by Crippen LogP contribution is -2.42. The number of rotatable bonds is 3. The number of hydrogen-bond donors (Lipinski definition) is 2. The molecule has 2 amide bonds. The first-order chi connectivity index (χ1) is 8.99. The molecule has 8 heteroatoms. The number of hydrogen-bond acceptors (Lipinski definition) is 4. The second-order valence-corrected chi connectivity index (χ2v) is 4.55. The third-order valence-electron chi connectivity index (χ3n) is 2.66. The van der Waals surface area contributed by atoms with Crippen molar-refractivity contribution in [1.29, 1.82) is 0 Å². The molecule has 0 atom stereocenters. The molecule has 2 N–H and O–H groups in total. The Morgan fingerprint density at radius 1 is 1.32 bits per heavy atom. The van der Waals surface area contributed by atoms with Crippen LogP contribution in [0.5, 0.6) is 0 Å². The van der Waals surface area contributed by atoms with Gasteiger partial charge in [-0.1, -0.05) is 11.6 Å². The van der Waals surface area contributed by atoms with Crippen LogP contribution in [-0.4, -0.2) is 16.7 Å². The average molecular weight is 284 g/mol. The van der Waals surface area contributed by atoms with Crippen LogP contribution in [0.3, 0.4) is 0 Å². The van der Waals surface area contributed by atoms with Gasteiger partial charge in [-0.2, -0.15) is 0 Å². The number of nitrogens with zero attached hydrogens (tertiary/aromatic N) is 1. The van der Waals surface area contributed by atoms with E-state index in [0.717, 1.165) is 18.9 Å². The number of nitro groups is 1. The SMILES string of the molecule is O=C(NNC(=O)C1CC1)c1ccc([N+](=O)[O-])cc1Cl. The fraction of sp³-hybridized carbons (Fsp3) is 0.273. The Kier molecular flexibility index (Phi) is 3.66. The van der Waals surface area contributed by atoms with Gasteiger partial charge in [-0.15, -0.1) is 0 Å². The predicted octanol–water partition coefficient (Wildman–Crippen LogP) is 1.42. The van der Waals surface area contributed by atoms with Crippen LogP contribution in [0, 0.1) is 16.0 Å². The van der Waals surface area contributed by atoms with Crippen LogP contribution in [0.1, 0.15) is 23.2 Å². The van der Waals surface area contributed by atoms with Crippen LogP contribution in [0.15, 0.2) is 18.2 Å². The molecule has 0 heterocycles. The number of carbonyl (C=O) groups is 2. The van der Waals surface area contributed by atoms with Crippen molar-refractivity contribution in [3.05, 3.63) is 38.9 Å². The highest BCUT2D eigenvalue weighted by Gasteiger charge is 2.29. The van der Waals surface area contributed by atoms with Crippen LogP contribution < -0.4 is 10.9 Å². The largest absolute Gasteiger partial charge is 0.273 e. The van der Waals surface area contributed by atoms with Gasteiger partial charge >= 0.3 is 0 Å². The van der Waals surface area contributed by atoms with Gasteiger partial charge in [-0.25, -0.2) is 0 Å². The lowest BCUT2D eigenvalue weighted by Gasteiger charge is -2.07. The molecule has 1 aromatic carbocycles. The Labute approximate surface area is 113 Å². The van der Waals surface area contributed by atoms with Crippen molar-refractivity contribution in [3.8, 4) is 0 Å². The van der Waals surface area contributed by atoms with Gasteiger partial charge in [0.25, 0.3) is 11.6 Å². The summed E-state index contributed by atoms with van der Waals surface area (Å²) in [7, 11) is 0. The summed E-state index contributed by atoms with van der Waals surface area (Å²) in [5.74, 6) is -0.895. The van der Waals surface area contributed by atoms with Gasteiger partial charge in [0.1, 0.15) is 0 Å². The maximum Gasteiger partial charge on any atom is 0.271 e. The van der Waals surface area contributed by atoms with E-state index in [1.165, 1.54) is 12.1 Å². The molecule has 0 saturated heterocycles. The van der Waals surface area contributed by atoms with Gasteiger partial charge in [-0.3, -0.25) is 30.6 Å². The number of non-ortho nitro benzene ring substituents is 1. The monoisotopic (exact) mass is 283 g/mol. The molecule has 7 nitrogen and oxygen atoms in total. The minimum absolute atomic E-state index is 0.0346. The molecule has 1 saturated carbocycles. The van der Waals surface area contributed by atoms with Crippen molar-refractivity contribution in [2.24, 2.45) is 5.92 Å². The Hall–Kier alpha value is -2.15. The fourth-order valence-electron chi connectivity index (χ4n) is 1.44. The van der Waals surface area contributed by atoms with Crippen molar-refractivity contribution in [2.45, 2.75) is 12.8 Å². The predicted molar refractivity (Wildman–Crippen MR) is 66.4 cm³/mol. The van der Waals surface area contributed by atoms with Crippen molar-refractivity contribution in [2.75, 3.05) is 0 Å². The summed E-state index contributed by atoms with van der Waals surface area (Å²) < 4.78 is 0. The molecule has 2 rings (SSSR count). The zero-order valence-corrected chi connectivity index (χ0v) is 10.4. The minimum atomic E-state index is -0.617. The summed E-state index contributed by atoms with van der Waals surface area (Å²) in [5.41, 5.74) is 4.35. The van der Waals surface area contributed by atoms with Crippen LogP contribution in [0.2, 0.25) is 5.02 Å². The average Bonchev–Trinajstić information content (AvgIpc) is 3.19.